The van der Waals surface area contributed by atoms with E-state index in [0.717, 1.165) is 0 Å². The number of rotatable bonds is 4. The van der Waals surface area contributed by atoms with Crippen molar-refractivity contribution in [3.8, 4) is 17.4 Å². The molecular weight excluding hydrogens is 220 g/mol. The predicted octanol–water partition coefficient (Wildman–Crippen LogP) is 1.96. The standard InChI is InChI=1S/C12H12N2O3/c1-2-16-9-5-3-4-6-10(9)17-12-7-11(15)13-8-14-12/h3-8H,2H2,1H3,(H,13,14,15). The summed E-state index contributed by atoms with van der Waals surface area (Å²) in [5.74, 6) is 1.39. The second-order valence-electron chi connectivity index (χ2n) is 3.23. The molecule has 0 fully saturated rings. The van der Waals surface area contributed by atoms with Gasteiger partial charge in [0.1, 0.15) is 0 Å². The zero-order valence-electron chi connectivity index (χ0n) is 9.34. The number of aromatic amines is 1. The number of benzene rings is 1. The first-order chi connectivity index (χ1) is 8.29. The van der Waals surface area contributed by atoms with E-state index in [-0.39, 0.29) is 11.4 Å². The summed E-state index contributed by atoms with van der Waals surface area (Å²) in [5, 5.41) is 0. The van der Waals surface area contributed by atoms with Gasteiger partial charge < -0.3 is 14.5 Å². The maximum absolute atomic E-state index is 11.1. The highest BCUT2D eigenvalue weighted by atomic mass is 16.5. The summed E-state index contributed by atoms with van der Waals surface area (Å²) in [7, 11) is 0. The third kappa shape index (κ3) is 2.84. The van der Waals surface area contributed by atoms with Crippen molar-refractivity contribution in [3.63, 3.8) is 0 Å². The van der Waals surface area contributed by atoms with Crippen LogP contribution in [0.4, 0.5) is 0 Å². The van der Waals surface area contributed by atoms with E-state index < -0.39 is 0 Å². The Balaban J connectivity index is 2.26. The molecule has 1 N–H and O–H groups in total. The molecule has 0 aliphatic rings. The summed E-state index contributed by atoms with van der Waals surface area (Å²) in [5.41, 5.74) is -0.260. The van der Waals surface area contributed by atoms with Gasteiger partial charge in [-0.25, -0.2) is 4.98 Å². The van der Waals surface area contributed by atoms with Gasteiger partial charge in [0, 0.05) is 0 Å². The Labute approximate surface area is 98.0 Å². The molecule has 5 nitrogen and oxygen atoms in total. The minimum absolute atomic E-state index is 0.237. The van der Waals surface area contributed by atoms with Crippen LogP contribution in [0.1, 0.15) is 6.92 Å². The molecule has 17 heavy (non-hydrogen) atoms. The van der Waals surface area contributed by atoms with E-state index in [0.29, 0.717) is 18.1 Å². The average Bonchev–Trinajstić information content (AvgIpc) is 2.32. The van der Waals surface area contributed by atoms with E-state index in [1.165, 1.54) is 12.4 Å². The third-order valence-electron chi connectivity index (χ3n) is 2.02. The highest BCUT2D eigenvalue weighted by Crippen LogP contribution is 2.29. The van der Waals surface area contributed by atoms with Crippen LogP contribution >= 0.6 is 0 Å². The molecule has 2 aromatic rings. The van der Waals surface area contributed by atoms with Gasteiger partial charge in [0.25, 0.3) is 5.56 Å². The van der Waals surface area contributed by atoms with Gasteiger partial charge in [-0.15, -0.1) is 0 Å². The Morgan fingerprint density at radius 3 is 2.76 bits per heavy atom. The lowest BCUT2D eigenvalue weighted by molar-refractivity contribution is 0.319. The topological polar surface area (TPSA) is 64.2 Å². The van der Waals surface area contributed by atoms with Gasteiger partial charge in [0.2, 0.25) is 5.88 Å². The fourth-order valence-corrected chi connectivity index (χ4v) is 1.33. The van der Waals surface area contributed by atoms with E-state index >= 15 is 0 Å². The molecule has 0 aliphatic heterocycles. The van der Waals surface area contributed by atoms with Gasteiger partial charge in [-0.05, 0) is 19.1 Å². The molecule has 0 spiro atoms. The largest absolute Gasteiger partial charge is 0.490 e. The SMILES string of the molecule is CCOc1ccccc1Oc1cc(=O)[nH]cn1. The van der Waals surface area contributed by atoms with Gasteiger partial charge >= 0.3 is 0 Å². The molecule has 1 aromatic carbocycles. The molecule has 88 valence electrons. The molecule has 0 amide bonds. The fraction of sp³-hybridized carbons (Fsp3) is 0.167. The lowest BCUT2D eigenvalue weighted by Gasteiger charge is -2.09. The van der Waals surface area contributed by atoms with Crippen LogP contribution in [0.2, 0.25) is 0 Å². The number of aromatic nitrogens is 2. The monoisotopic (exact) mass is 232 g/mol. The van der Waals surface area contributed by atoms with Crippen molar-refractivity contribution in [1.29, 1.82) is 0 Å². The summed E-state index contributed by atoms with van der Waals surface area (Å²) >= 11 is 0. The van der Waals surface area contributed by atoms with Gasteiger partial charge in [0.05, 0.1) is 19.0 Å². The van der Waals surface area contributed by atoms with Crippen molar-refractivity contribution in [3.05, 3.63) is 47.0 Å². The number of nitrogens with zero attached hydrogens (tertiary/aromatic N) is 1. The van der Waals surface area contributed by atoms with Gasteiger partial charge in [0.15, 0.2) is 11.5 Å². The molecule has 0 atom stereocenters. The van der Waals surface area contributed by atoms with Crippen LogP contribution in [0, 0.1) is 0 Å². The Morgan fingerprint density at radius 1 is 1.29 bits per heavy atom. The van der Waals surface area contributed by atoms with Crippen LogP contribution in [0.3, 0.4) is 0 Å². The Hall–Kier alpha value is -2.30. The minimum Gasteiger partial charge on any atom is -0.490 e. The normalized spacial score (nSPS) is 9.94. The lowest BCUT2D eigenvalue weighted by Crippen LogP contribution is -2.04. The van der Waals surface area contributed by atoms with Crippen molar-refractivity contribution >= 4 is 0 Å². The third-order valence-corrected chi connectivity index (χ3v) is 2.02. The van der Waals surface area contributed by atoms with E-state index in [2.05, 4.69) is 9.97 Å². The molecule has 5 heteroatoms. The maximum Gasteiger partial charge on any atom is 0.254 e. The molecule has 0 saturated carbocycles. The van der Waals surface area contributed by atoms with Crippen molar-refractivity contribution in [2.75, 3.05) is 6.61 Å². The van der Waals surface area contributed by atoms with Crippen LogP contribution in [0.15, 0.2) is 41.5 Å². The number of ether oxygens (including phenoxy) is 2. The summed E-state index contributed by atoms with van der Waals surface area (Å²) < 4.78 is 10.9. The highest BCUT2D eigenvalue weighted by Gasteiger charge is 2.05. The molecule has 1 heterocycles. The van der Waals surface area contributed by atoms with Crippen LogP contribution in [-0.4, -0.2) is 16.6 Å². The van der Waals surface area contributed by atoms with Crippen molar-refractivity contribution in [2.45, 2.75) is 6.92 Å². The summed E-state index contributed by atoms with van der Waals surface area (Å²) in [6, 6.07) is 8.51. The van der Waals surface area contributed by atoms with Gasteiger partial charge in [-0.1, -0.05) is 12.1 Å². The van der Waals surface area contributed by atoms with Crippen LogP contribution in [0.25, 0.3) is 0 Å². The summed E-state index contributed by atoms with van der Waals surface area (Å²) in [6.45, 7) is 2.44. The van der Waals surface area contributed by atoms with Gasteiger partial charge in [-0.2, -0.15) is 0 Å². The van der Waals surface area contributed by atoms with Crippen LogP contribution in [-0.2, 0) is 0 Å². The Morgan fingerprint density at radius 2 is 2.06 bits per heavy atom. The number of hydrogen-bond donors (Lipinski definition) is 1. The molecule has 0 radical (unpaired) electrons. The van der Waals surface area contributed by atoms with Crippen molar-refractivity contribution < 1.29 is 9.47 Å². The van der Waals surface area contributed by atoms with Crippen molar-refractivity contribution in [2.24, 2.45) is 0 Å². The van der Waals surface area contributed by atoms with E-state index in [1.54, 1.807) is 12.1 Å². The van der Waals surface area contributed by atoms with E-state index in [1.807, 2.05) is 19.1 Å². The molecule has 1 aromatic heterocycles. The maximum atomic E-state index is 11.1. The second kappa shape index (κ2) is 5.16. The molecule has 2 rings (SSSR count). The zero-order chi connectivity index (χ0) is 12.1. The highest BCUT2D eigenvalue weighted by molar-refractivity contribution is 5.41. The number of para-hydroxylation sites is 2. The van der Waals surface area contributed by atoms with E-state index in [4.69, 9.17) is 9.47 Å². The quantitative estimate of drug-likeness (QED) is 0.875. The first kappa shape index (κ1) is 11.2. The fourth-order valence-electron chi connectivity index (χ4n) is 1.33. The number of nitrogens with one attached hydrogen (secondary N) is 1. The predicted molar refractivity (Wildman–Crippen MR) is 62.5 cm³/mol. The molecule has 0 unspecified atom stereocenters. The Kier molecular flexibility index (Phi) is 3.40. The van der Waals surface area contributed by atoms with Gasteiger partial charge in [-0.3, -0.25) is 4.79 Å². The van der Waals surface area contributed by atoms with Crippen molar-refractivity contribution in [1.82, 2.24) is 9.97 Å². The Bertz CT molecular complexity index is 551. The number of hydrogen-bond acceptors (Lipinski definition) is 4. The lowest BCUT2D eigenvalue weighted by atomic mass is 10.3. The van der Waals surface area contributed by atoms with E-state index in [9.17, 15) is 4.79 Å². The molecular formula is C12H12N2O3. The average molecular weight is 232 g/mol. The summed E-state index contributed by atoms with van der Waals surface area (Å²) in [4.78, 5) is 17.4. The first-order valence-electron chi connectivity index (χ1n) is 5.24. The molecule has 0 saturated heterocycles. The van der Waals surface area contributed by atoms with Crippen LogP contribution in [0.5, 0.6) is 17.4 Å². The summed E-state index contributed by atoms with van der Waals surface area (Å²) in [6.07, 6.45) is 1.29. The second-order valence-corrected chi connectivity index (χ2v) is 3.23. The number of H-pyrrole nitrogens is 1. The minimum atomic E-state index is -0.260. The first-order valence-corrected chi connectivity index (χ1v) is 5.24. The molecule has 0 bridgehead atoms. The smallest absolute Gasteiger partial charge is 0.254 e. The zero-order valence-corrected chi connectivity index (χ0v) is 9.34. The molecule has 0 aliphatic carbocycles. The van der Waals surface area contributed by atoms with Crippen LogP contribution < -0.4 is 15.0 Å².